The molecule has 19 heavy (non-hydrogen) atoms. The fourth-order valence-corrected chi connectivity index (χ4v) is 2.67. The zero-order valence-electron chi connectivity index (χ0n) is 13.2. The third-order valence-electron chi connectivity index (χ3n) is 4.99. The van der Waals surface area contributed by atoms with Gasteiger partial charge in [0.25, 0.3) is 0 Å². The Bertz CT molecular complexity index is 411. The van der Waals surface area contributed by atoms with Crippen LogP contribution in [0.15, 0.2) is 18.2 Å². The molecule has 1 aliphatic carbocycles. The standard InChI is InChI=1S/C18H29N/c1-13(2)18(5,12-19-16-9-10-16)11-17-14(3)7-6-8-15(17)4/h6-8,13,16,19H,9-12H2,1-5H3. The molecule has 1 atom stereocenters. The number of rotatable bonds is 6. The average molecular weight is 259 g/mol. The van der Waals surface area contributed by atoms with E-state index in [9.17, 15) is 0 Å². The summed E-state index contributed by atoms with van der Waals surface area (Å²) in [6.45, 7) is 12.8. The first kappa shape index (κ1) is 14.6. The molecule has 0 spiro atoms. The van der Waals surface area contributed by atoms with Gasteiger partial charge in [-0.05, 0) is 61.1 Å². The molecule has 1 aromatic carbocycles. The Morgan fingerprint density at radius 2 is 1.79 bits per heavy atom. The van der Waals surface area contributed by atoms with Crippen LogP contribution >= 0.6 is 0 Å². The van der Waals surface area contributed by atoms with Crippen LogP contribution in [0.4, 0.5) is 0 Å². The van der Waals surface area contributed by atoms with E-state index in [-0.39, 0.29) is 0 Å². The minimum absolute atomic E-state index is 0.347. The van der Waals surface area contributed by atoms with Crippen molar-refractivity contribution in [2.24, 2.45) is 11.3 Å². The van der Waals surface area contributed by atoms with Gasteiger partial charge in [0.05, 0.1) is 0 Å². The molecule has 1 fully saturated rings. The Balaban J connectivity index is 2.14. The van der Waals surface area contributed by atoms with E-state index < -0.39 is 0 Å². The molecular formula is C18H29N. The molecule has 1 saturated carbocycles. The first-order chi connectivity index (χ1) is 8.92. The molecule has 1 aromatic rings. The zero-order chi connectivity index (χ0) is 14.0. The van der Waals surface area contributed by atoms with Crippen LogP contribution in [0.3, 0.4) is 0 Å². The van der Waals surface area contributed by atoms with Crippen molar-refractivity contribution in [3.8, 4) is 0 Å². The van der Waals surface area contributed by atoms with E-state index in [2.05, 4.69) is 58.1 Å². The molecule has 0 bridgehead atoms. The normalized spacial score (nSPS) is 18.6. The third-order valence-corrected chi connectivity index (χ3v) is 4.99. The van der Waals surface area contributed by atoms with Gasteiger partial charge in [0, 0.05) is 12.6 Å². The fourth-order valence-electron chi connectivity index (χ4n) is 2.67. The van der Waals surface area contributed by atoms with Gasteiger partial charge in [-0.15, -0.1) is 0 Å². The zero-order valence-corrected chi connectivity index (χ0v) is 13.2. The quantitative estimate of drug-likeness (QED) is 0.805. The van der Waals surface area contributed by atoms with Gasteiger partial charge < -0.3 is 5.32 Å². The van der Waals surface area contributed by atoms with E-state index >= 15 is 0 Å². The molecule has 0 aromatic heterocycles. The summed E-state index contributed by atoms with van der Waals surface area (Å²) in [5.74, 6) is 0.692. The molecule has 1 unspecified atom stereocenters. The lowest BCUT2D eigenvalue weighted by Gasteiger charge is -2.35. The summed E-state index contributed by atoms with van der Waals surface area (Å²) in [7, 11) is 0. The Morgan fingerprint density at radius 3 is 2.26 bits per heavy atom. The Kier molecular flexibility index (Phi) is 4.35. The summed E-state index contributed by atoms with van der Waals surface area (Å²) < 4.78 is 0. The van der Waals surface area contributed by atoms with Crippen LogP contribution in [0, 0.1) is 25.2 Å². The van der Waals surface area contributed by atoms with Gasteiger partial charge in [0.1, 0.15) is 0 Å². The molecule has 1 aliphatic rings. The first-order valence-corrected chi connectivity index (χ1v) is 7.71. The highest BCUT2D eigenvalue weighted by Gasteiger charge is 2.32. The van der Waals surface area contributed by atoms with Gasteiger partial charge >= 0.3 is 0 Å². The van der Waals surface area contributed by atoms with Crippen LogP contribution in [0.2, 0.25) is 0 Å². The van der Waals surface area contributed by atoms with Crippen LogP contribution in [0.1, 0.15) is 50.3 Å². The van der Waals surface area contributed by atoms with E-state index in [0.717, 1.165) is 12.6 Å². The highest BCUT2D eigenvalue weighted by atomic mass is 15.0. The second-order valence-electron chi connectivity index (χ2n) is 7.01. The molecule has 1 nitrogen and oxygen atoms in total. The molecule has 0 radical (unpaired) electrons. The average Bonchev–Trinajstić information content (AvgIpc) is 3.15. The van der Waals surface area contributed by atoms with E-state index in [1.165, 1.54) is 30.4 Å². The highest BCUT2D eigenvalue weighted by Crippen LogP contribution is 2.34. The SMILES string of the molecule is Cc1cccc(C)c1CC(C)(CNC1CC1)C(C)C. The minimum atomic E-state index is 0.347. The number of hydrogen-bond acceptors (Lipinski definition) is 1. The monoisotopic (exact) mass is 259 g/mol. The Labute approximate surface area is 118 Å². The van der Waals surface area contributed by atoms with Crippen molar-refractivity contribution in [2.45, 2.75) is 59.9 Å². The van der Waals surface area contributed by atoms with Crippen molar-refractivity contribution in [3.05, 3.63) is 34.9 Å². The molecule has 0 saturated heterocycles. The van der Waals surface area contributed by atoms with Gasteiger partial charge in [-0.2, -0.15) is 0 Å². The molecule has 1 N–H and O–H groups in total. The number of benzene rings is 1. The molecule has 2 rings (SSSR count). The van der Waals surface area contributed by atoms with Crippen LogP contribution in [-0.2, 0) is 6.42 Å². The lowest BCUT2D eigenvalue weighted by Crippen LogP contribution is -2.39. The largest absolute Gasteiger partial charge is 0.313 e. The van der Waals surface area contributed by atoms with Crippen LogP contribution < -0.4 is 5.32 Å². The summed E-state index contributed by atoms with van der Waals surface area (Å²) in [6, 6.07) is 7.47. The van der Waals surface area contributed by atoms with Crippen LogP contribution in [-0.4, -0.2) is 12.6 Å². The predicted octanol–water partition coefficient (Wildman–Crippen LogP) is 4.26. The molecule has 0 heterocycles. The van der Waals surface area contributed by atoms with Gasteiger partial charge in [-0.3, -0.25) is 0 Å². The van der Waals surface area contributed by atoms with Crippen molar-refractivity contribution in [1.29, 1.82) is 0 Å². The van der Waals surface area contributed by atoms with Crippen molar-refractivity contribution in [3.63, 3.8) is 0 Å². The summed E-state index contributed by atoms with van der Waals surface area (Å²) in [5.41, 5.74) is 4.78. The maximum atomic E-state index is 3.74. The maximum Gasteiger partial charge on any atom is 0.00684 e. The molecule has 1 heteroatoms. The smallest absolute Gasteiger partial charge is 0.00684 e. The van der Waals surface area contributed by atoms with Gasteiger partial charge in [0.15, 0.2) is 0 Å². The highest BCUT2D eigenvalue weighted by molar-refractivity contribution is 5.34. The minimum Gasteiger partial charge on any atom is -0.313 e. The van der Waals surface area contributed by atoms with E-state index in [1.54, 1.807) is 5.56 Å². The van der Waals surface area contributed by atoms with Gasteiger partial charge in [0.2, 0.25) is 0 Å². The first-order valence-electron chi connectivity index (χ1n) is 7.71. The predicted molar refractivity (Wildman–Crippen MR) is 83.6 cm³/mol. The fraction of sp³-hybridized carbons (Fsp3) is 0.667. The van der Waals surface area contributed by atoms with E-state index in [1.807, 2.05) is 0 Å². The Hall–Kier alpha value is -0.820. The van der Waals surface area contributed by atoms with Gasteiger partial charge in [-0.25, -0.2) is 0 Å². The second kappa shape index (κ2) is 5.66. The third kappa shape index (κ3) is 3.60. The Morgan fingerprint density at radius 1 is 1.21 bits per heavy atom. The number of nitrogens with one attached hydrogen (secondary N) is 1. The lowest BCUT2D eigenvalue weighted by atomic mass is 9.73. The van der Waals surface area contributed by atoms with E-state index in [0.29, 0.717) is 11.3 Å². The number of aryl methyl sites for hydroxylation is 2. The molecular weight excluding hydrogens is 230 g/mol. The van der Waals surface area contributed by atoms with Gasteiger partial charge in [-0.1, -0.05) is 39.0 Å². The maximum absolute atomic E-state index is 3.74. The second-order valence-corrected chi connectivity index (χ2v) is 7.01. The topological polar surface area (TPSA) is 12.0 Å². The summed E-state index contributed by atoms with van der Waals surface area (Å²) in [5, 5.41) is 3.74. The number of hydrogen-bond donors (Lipinski definition) is 1. The molecule has 106 valence electrons. The molecule has 0 amide bonds. The lowest BCUT2D eigenvalue weighted by molar-refractivity contribution is 0.206. The van der Waals surface area contributed by atoms with Crippen molar-refractivity contribution < 1.29 is 0 Å². The van der Waals surface area contributed by atoms with Crippen molar-refractivity contribution in [2.75, 3.05) is 6.54 Å². The summed E-state index contributed by atoms with van der Waals surface area (Å²) in [4.78, 5) is 0. The summed E-state index contributed by atoms with van der Waals surface area (Å²) in [6.07, 6.45) is 3.93. The molecule has 0 aliphatic heterocycles. The van der Waals surface area contributed by atoms with Crippen molar-refractivity contribution in [1.82, 2.24) is 5.32 Å². The van der Waals surface area contributed by atoms with Crippen LogP contribution in [0.5, 0.6) is 0 Å². The van der Waals surface area contributed by atoms with Crippen LogP contribution in [0.25, 0.3) is 0 Å². The summed E-state index contributed by atoms with van der Waals surface area (Å²) >= 11 is 0. The van der Waals surface area contributed by atoms with Crippen molar-refractivity contribution >= 4 is 0 Å². The van der Waals surface area contributed by atoms with E-state index in [4.69, 9.17) is 0 Å².